The molecule has 6 aliphatic rings. The topological polar surface area (TPSA) is 17.1 Å². The van der Waals surface area contributed by atoms with Gasteiger partial charge in [-0.25, -0.2) is 0 Å². The van der Waals surface area contributed by atoms with Crippen LogP contribution in [0.25, 0.3) is 0 Å². The van der Waals surface area contributed by atoms with Gasteiger partial charge in [-0.3, -0.25) is 4.79 Å². The first kappa shape index (κ1) is 16.6. The predicted octanol–water partition coefficient (Wildman–Crippen LogP) is 5.81. The van der Waals surface area contributed by atoms with Crippen LogP contribution in [-0.4, -0.2) is 5.78 Å². The van der Waals surface area contributed by atoms with Crippen LogP contribution in [0.2, 0.25) is 0 Å². The SMILES string of the molecule is CC1(C)C=C(C(=O)C2=CC(C)(C)C3CC2C3(C)C)C2CC1C2(C)C. The molecule has 4 unspecified atom stereocenters. The fourth-order valence-corrected chi connectivity index (χ4v) is 7.25. The predicted molar refractivity (Wildman–Crippen MR) is 99.5 cm³/mol. The van der Waals surface area contributed by atoms with Gasteiger partial charge < -0.3 is 0 Å². The van der Waals surface area contributed by atoms with Crippen molar-refractivity contribution in [3.05, 3.63) is 23.3 Å². The second-order valence-corrected chi connectivity index (χ2v) is 11.5. The summed E-state index contributed by atoms with van der Waals surface area (Å²) in [5, 5.41) is 0. The van der Waals surface area contributed by atoms with Crippen molar-refractivity contribution in [3.63, 3.8) is 0 Å². The van der Waals surface area contributed by atoms with Crippen LogP contribution in [0.5, 0.6) is 0 Å². The summed E-state index contributed by atoms with van der Waals surface area (Å²) in [5.74, 6) is 2.74. The van der Waals surface area contributed by atoms with Crippen LogP contribution in [-0.2, 0) is 4.79 Å². The van der Waals surface area contributed by atoms with Crippen LogP contribution in [0.4, 0.5) is 0 Å². The van der Waals surface area contributed by atoms with Crippen molar-refractivity contribution < 1.29 is 4.79 Å². The molecule has 0 aliphatic heterocycles. The molecule has 0 aromatic heterocycles. The van der Waals surface area contributed by atoms with E-state index in [-0.39, 0.29) is 21.7 Å². The molecule has 0 saturated heterocycles. The Morgan fingerprint density at radius 2 is 1.08 bits per heavy atom. The first-order chi connectivity index (χ1) is 10.8. The highest BCUT2D eigenvalue weighted by Crippen LogP contribution is 2.68. The first-order valence-electron chi connectivity index (χ1n) is 9.80. The standard InChI is InChI=1S/C23H34O/c1-20(2)11-13(15-9-17(20)22(15,5)6)19(24)14-12-21(3,4)18-10-16(14)23(18,7)8/h11-12,15-18H,9-10H2,1-8H3. The van der Waals surface area contributed by atoms with Crippen molar-refractivity contribution in [2.45, 2.75) is 68.2 Å². The summed E-state index contributed by atoms with van der Waals surface area (Å²) < 4.78 is 0. The van der Waals surface area contributed by atoms with E-state index >= 15 is 0 Å². The molecule has 4 atom stereocenters. The highest BCUT2D eigenvalue weighted by Gasteiger charge is 2.62. The Hall–Kier alpha value is -0.850. The largest absolute Gasteiger partial charge is 0.289 e. The monoisotopic (exact) mass is 326 g/mol. The average Bonchev–Trinajstić information content (AvgIpc) is 2.41. The van der Waals surface area contributed by atoms with E-state index in [1.54, 1.807) is 0 Å². The molecule has 0 aromatic carbocycles. The molecule has 132 valence electrons. The van der Waals surface area contributed by atoms with E-state index in [1.165, 1.54) is 12.8 Å². The van der Waals surface area contributed by atoms with Gasteiger partial charge in [0, 0.05) is 0 Å². The van der Waals surface area contributed by atoms with Crippen LogP contribution >= 0.6 is 0 Å². The third kappa shape index (κ3) is 1.80. The minimum absolute atomic E-state index is 0.144. The van der Waals surface area contributed by atoms with E-state index < -0.39 is 0 Å². The fraction of sp³-hybridized carbons (Fsp3) is 0.783. The molecule has 0 amide bonds. The second kappa shape index (κ2) is 4.27. The van der Waals surface area contributed by atoms with E-state index in [0.29, 0.717) is 29.5 Å². The molecule has 2 saturated carbocycles. The van der Waals surface area contributed by atoms with E-state index in [1.807, 2.05) is 0 Å². The number of hydrogen-bond donors (Lipinski definition) is 0. The summed E-state index contributed by atoms with van der Waals surface area (Å²) in [6.07, 6.45) is 7.08. The molecule has 0 N–H and O–H groups in total. The van der Waals surface area contributed by atoms with Gasteiger partial charge in [-0.15, -0.1) is 0 Å². The Bertz CT molecular complexity index is 625. The third-order valence-corrected chi connectivity index (χ3v) is 8.66. The molecule has 1 nitrogen and oxygen atoms in total. The lowest BCUT2D eigenvalue weighted by atomic mass is 9.39. The van der Waals surface area contributed by atoms with Crippen LogP contribution < -0.4 is 0 Å². The van der Waals surface area contributed by atoms with Crippen molar-refractivity contribution >= 4 is 5.78 Å². The molecular formula is C23H34O. The minimum Gasteiger partial charge on any atom is -0.289 e. The fourth-order valence-electron chi connectivity index (χ4n) is 7.25. The zero-order valence-corrected chi connectivity index (χ0v) is 16.8. The Morgan fingerprint density at radius 1 is 0.750 bits per heavy atom. The molecule has 0 aromatic rings. The Morgan fingerprint density at radius 3 is 1.33 bits per heavy atom. The summed E-state index contributed by atoms with van der Waals surface area (Å²) in [4.78, 5) is 13.6. The lowest BCUT2D eigenvalue weighted by Gasteiger charge is -2.64. The van der Waals surface area contributed by atoms with Gasteiger partial charge >= 0.3 is 0 Å². The maximum atomic E-state index is 13.6. The van der Waals surface area contributed by atoms with Gasteiger partial charge in [-0.05, 0) is 69.3 Å². The number of fused-ring (bicyclic) bond motifs is 2. The summed E-state index contributed by atoms with van der Waals surface area (Å²) in [6.45, 7) is 18.8. The maximum Gasteiger partial charge on any atom is 0.184 e. The van der Waals surface area contributed by atoms with Gasteiger partial charge in [0.15, 0.2) is 5.78 Å². The van der Waals surface area contributed by atoms with Crippen molar-refractivity contribution in [2.24, 2.45) is 45.3 Å². The van der Waals surface area contributed by atoms with E-state index in [9.17, 15) is 4.79 Å². The number of hydrogen-bond acceptors (Lipinski definition) is 1. The number of ketones is 1. The van der Waals surface area contributed by atoms with Gasteiger partial charge in [0.1, 0.15) is 0 Å². The summed E-state index contributed by atoms with van der Waals surface area (Å²) in [6, 6.07) is 0. The maximum absolute atomic E-state index is 13.6. The summed E-state index contributed by atoms with van der Waals surface area (Å²) >= 11 is 0. The average molecular weight is 327 g/mol. The molecule has 2 fully saturated rings. The van der Waals surface area contributed by atoms with Crippen molar-refractivity contribution in [1.82, 2.24) is 0 Å². The number of carbonyl (C=O) groups excluding carboxylic acids is 1. The Balaban J connectivity index is 1.75. The van der Waals surface area contributed by atoms with Crippen molar-refractivity contribution in [3.8, 4) is 0 Å². The lowest BCUT2D eigenvalue weighted by Crippen LogP contribution is -2.58. The second-order valence-electron chi connectivity index (χ2n) is 11.5. The van der Waals surface area contributed by atoms with E-state index in [4.69, 9.17) is 0 Å². The molecule has 0 heterocycles. The quantitative estimate of drug-likeness (QED) is 0.625. The zero-order chi connectivity index (χ0) is 17.9. The molecule has 4 bridgehead atoms. The molecule has 1 heteroatoms. The van der Waals surface area contributed by atoms with Crippen molar-refractivity contribution in [2.75, 3.05) is 0 Å². The van der Waals surface area contributed by atoms with Gasteiger partial charge in [-0.2, -0.15) is 0 Å². The number of allylic oxidation sites excluding steroid dienone is 4. The molecule has 6 aliphatic carbocycles. The zero-order valence-electron chi connectivity index (χ0n) is 16.8. The normalized spacial score (nSPS) is 42.2. The molecule has 0 radical (unpaired) electrons. The van der Waals surface area contributed by atoms with Gasteiger partial charge in [0.2, 0.25) is 0 Å². The van der Waals surface area contributed by atoms with Crippen LogP contribution in [0.3, 0.4) is 0 Å². The van der Waals surface area contributed by atoms with Crippen LogP contribution in [0.15, 0.2) is 23.3 Å². The van der Waals surface area contributed by atoms with Crippen LogP contribution in [0.1, 0.15) is 68.2 Å². The highest BCUT2D eigenvalue weighted by atomic mass is 16.1. The van der Waals surface area contributed by atoms with Crippen molar-refractivity contribution in [1.29, 1.82) is 0 Å². The number of carbonyl (C=O) groups is 1. The number of Topliss-reactive ketones (excluding diaryl/α,β-unsaturated/α-hetero) is 1. The molecule has 0 spiro atoms. The number of rotatable bonds is 2. The highest BCUT2D eigenvalue weighted by molar-refractivity contribution is 6.10. The van der Waals surface area contributed by atoms with Gasteiger partial charge in [0.25, 0.3) is 0 Å². The smallest absolute Gasteiger partial charge is 0.184 e. The van der Waals surface area contributed by atoms with Gasteiger partial charge in [0.05, 0.1) is 0 Å². The third-order valence-electron chi connectivity index (χ3n) is 8.66. The van der Waals surface area contributed by atoms with E-state index in [2.05, 4.69) is 67.5 Å². The summed E-state index contributed by atoms with van der Waals surface area (Å²) in [5.41, 5.74) is 3.10. The molecule has 24 heavy (non-hydrogen) atoms. The summed E-state index contributed by atoms with van der Waals surface area (Å²) in [7, 11) is 0. The molecule has 6 rings (SSSR count). The lowest BCUT2D eigenvalue weighted by molar-refractivity contribution is -0.126. The molecular weight excluding hydrogens is 292 g/mol. The Labute approximate surface area is 148 Å². The van der Waals surface area contributed by atoms with Gasteiger partial charge in [-0.1, -0.05) is 67.5 Å². The Kier molecular flexibility index (Phi) is 2.96. The van der Waals surface area contributed by atoms with Crippen LogP contribution in [0, 0.1) is 45.3 Å². The minimum atomic E-state index is 0.144. The van der Waals surface area contributed by atoms with E-state index in [0.717, 1.165) is 11.1 Å². The first-order valence-corrected chi connectivity index (χ1v) is 9.80.